The Balaban J connectivity index is 2.15. The van der Waals surface area contributed by atoms with Crippen molar-refractivity contribution in [3.05, 3.63) is 45.4 Å². The van der Waals surface area contributed by atoms with Crippen LogP contribution in [0.3, 0.4) is 0 Å². The van der Waals surface area contributed by atoms with Crippen LogP contribution < -0.4 is 5.56 Å². The van der Waals surface area contributed by atoms with Gasteiger partial charge >= 0.3 is 0 Å². The lowest BCUT2D eigenvalue weighted by atomic mass is 10.2. The Labute approximate surface area is 135 Å². The maximum Gasteiger partial charge on any atom is 0.263 e. The summed E-state index contributed by atoms with van der Waals surface area (Å²) in [6, 6.07) is 4.04. The van der Waals surface area contributed by atoms with E-state index in [2.05, 4.69) is 11.6 Å². The smallest absolute Gasteiger partial charge is 0.263 e. The molecule has 3 rings (SSSR count). The van der Waals surface area contributed by atoms with E-state index >= 15 is 0 Å². The summed E-state index contributed by atoms with van der Waals surface area (Å²) >= 11 is 4.72. The van der Waals surface area contributed by atoms with Crippen molar-refractivity contribution in [2.75, 3.05) is 5.75 Å². The minimum Gasteiger partial charge on any atom is -0.290 e. The second-order valence-corrected chi connectivity index (χ2v) is 7.56. The zero-order valence-corrected chi connectivity index (χ0v) is 14.2. The highest BCUT2D eigenvalue weighted by molar-refractivity contribution is 7.99. The van der Waals surface area contributed by atoms with Crippen molar-refractivity contribution in [3.63, 3.8) is 0 Å². The minimum absolute atomic E-state index is 0.0221. The Kier molecular flexibility index (Phi) is 4.01. The fourth-order valence-corrected chi connectivity index (χ4v) is 4.60. The first-order valence-electron chi connectivity index (χ1n) is 6.37. The molecule has 0 unspecified atom stereocenters. The predicted molar refractivity (Wildman–Crippen MR) is 93.7 cm³/mol. The minimum atomic E-state index is 0.0221. The lowest BCUT2D eigenvalue weighted by Gasteiger charge is -2.07. The molecule has 0 aliphatic carbocycles. The first-order valence-corrected chi connectivity index (χ1v) is 9.11. The van der Waals surface area contributed by atoms with E-state index in [0.29, 0.717) is 0 Å². The molecule has 0 atom stereocenters. The molecule has 0 aliphatic heterocycles. The molecule has 0 saturated carbocycles. The maximum absolute atomic E-state index is 12.7. The van der Waals surface area contributed by atoms with Crippen LogP contribution in [0.1, 0.15) is 6.92 Å². The van der Waals surface area contributed by atoms with Crippen LogP contribution in [0.5, 0.6) is 0 Å². The van der Waals surface area contributed by atoms with Gasteiger partial charge < -0.3 is 0 Å². The van der Waals surface area contributed by atoms with Gasteiger partial charge in [-0.3, -0.25) is 9.36 Å². The van der Waals surface area contributed by atoms with Crippen LogP contribution in [0.4, 0.5) is 0 Å². The van der Waals surface area contributed by atoms with Crippen LogP contribution in [-0.2, 0) is 7.05 Å². The average molecular weight is 334 g/mol. The molecule has 6 heteroatoms. The van der Waals surface area contributed by atoms with Gasteiger partial charge in [0.15, 0.2) is 5.16 Å². The molecular weight excluding hydrogens is 320 g/mol. The molecule has 0 N–H and O–H groups in total. The lowest BCUT2D eigenvalue weighted by molar-refractivity contribution is 0.728. The number of hydrogen-bond donors (Lipinski definition) is 0. The van der Waals surface area contributed by atoms with Gasteiger partial charge in [-0.1, -0.05) is 30.0 Å². The second kappa shape index (κ2) is 5.79. The number of thioether (sulfide) groups is 1. The molecule has 0 bridgehead atoms. The van der Waals surface area contributed by atoms with Crippen LogP contribution >= 0.6 is 34.4 Å². The van der Waals surface area contributed by atoms with Crippen molar-refractivity contribution >= 4 is 44.7 Å². The first kappa shape index (κ1) is 14.6. The summed E-state index contributed by atoms with van der Waals surface area (Å²) < 4.78 is 1.64. The average Bonchev–Trinajstić information content (AvgIpc) is 3.09. The highest BCUT2D eigenvalue weighted by atomic mass is 32.2. The standard InChI is InChI=1S/C15H14N2OS3/c1-9(2)7-21-15-16-13-12(14(18)17(15)3)10(8-20-13)11-5-4-6-19-11/h4-6,8H,1,7H2,2-3H3. The van der Waals surface area contributed by atoms with Gasteiger partial charge in [0.1, 0.15) is 4.83 Å². The third-order valence-corrected chi connectivity index (χ3v) is 6.04. The van der Waals surface area contributed by atoms with Crippen molar-refractivity contribution in [2.45, 2.75) is 12.1 Å². The van der Waals surface area contributed by atoms with E-state index in [1.54, 1.807) is 34.7 Å². The molecule has 108 valence electrons. The summed E-state index contributed by atoms with van der Waals surface area (Å²) in [6.07, 6.45) is 0. The van der Waals surface area contributed by atoms with E-state index in [4.69, 9.17) is 0 Å². The largest absolute Gasteiger partial charge is 0.290 e. The zero-order valence-electron chi connectivity index (χ0n) is 11.8. The van der Waals surface area contributed by atoms with E-state index in [1.807, 2.05) is 29.8 Å². The van der Waals surface area contributed by atoms with Gasteiger partial charge in [-0.2, -0.15) is 0 Å². The summed E-state index contributed by atoms with van der Waals surface area (Å²) in [6.45, 7) is 5.87. The van der Waals surface area contributed by atoms with Crippen molar-refractivity contribution in [3.8, 4) is 10.4 Å². The van der Waals surface area contributed by atoms with E-state index in [1.165, 1.54) is 11.3 Å². The SMILES string of the molecule is C=C(C)CSc1nc2scc(-c3cccs3)c2c(=O)n1C. The summed E-state index contributed by atoms with van der Waals surface area (Å²) in [5.41, 5.74) is 2.09. The van der Waals surface area contributed by atoms with Crippen LogP contribution in [-0.4, -0.2) is 15.3 Å². The molecule has 0 aliphatic rings. The molecular formula is C15H14N2OS3. The number of hydrogen-bond acceptors (Lipinski definition) is 5. The van der Waals surface area contributed by atoms with Gasteiger partial charge in [0, 0.05) is 28.6 Å². The number of fused-ring (bicyclic) bond motifs is 1. The topological polar surface area (TPSA) is 34.9 Å². The van der Waals surface area contributed by atoms with E-state index < -0.39 is 0 Å². The fraction of sp³-hybridized carbons (Fsp3) is 0.200. The number of nitrogens with zero attached hydrogens (tertiary/aromatic N) is 2. The summed E-state index contributed by atoms with van der Waals surface area (Å²) in [5, 5.41) is 5.52. The Bertz CT molecular complexity index is 859. The zero-order chi connectivity index (χ0) is 15.0. The third kappa shape index (κ3) is 2.71. The van der Waals surface area contributed by atoms with Crippen LogP contribution in [0, 0.1) is 0 Å². The van der Waals surface area contributed by atoms with Gasteiger partial charge in [-0.05, 0) is 18.4 Å². The number of rotatable bonds is 4. The number of aromatic nitrogens is 2. The van der Waals surface area contributed by atoms with Gasteiger partial charge in [0.25, 0.3) is 5.56 Å². The molecule has 0 amide bonds. The quantitative estimate of drug-likeness (QED) is 0.403. The Morgan fingerprint density at radius 3 is 2.95 bits per heavy atom. The molecule has 3 aromatic rings. The van der Waals surface area contributed by atoms with Crippen LogP contribution in [0.15, 0.2) is 45.0 Å². The second-order valence-electron chi connectivity index (χ2n) is 4.81. The molecule has 0 saturated heterocycles. The van der Waals surface area contributed by atoms with Gasteiger partial charge in [-0.15, -0.1) is 22.7 Å². The van der Waals surface area contributed by atoms with Crippen molar-refractivity contribution < 1.29 is 0 Å². The molecule has 0 radical (unpaired) electrons. The summed E-state index contributed by atoms with van der Waals surface area (Å²) in [7, 11) is 1.78. The van der Waals surface area contributed by atoms with Gasteiger partial charge in [0.2, 0.25) is 0 Å². The van der Waals surface area contributed by atoms with E-state index in [0.717, 1.165) is 37.1 Å². The molecule has 0 aromatic carbocycles. The van der Waals surface area contributed by atoms with Crippen LogP contribution in [0.25, 0.3) is 20.7 Å². The monoisotopic (exact) mass is 334 g/mol. The maximum atomic E-state index is 12.7. The van der Waals surface area contributed by atoms with E-state index in [-0.39, 0.29) is 5.56 Å². The molecule has 3 aromatic heterocycles. The van der Waals surface area contributed by atoms with Crippen molar-refractivity contribution in [1.29, 1.82) is 0 Å². The summed E-state index contributed by atoms with van der Waals surface area (Å²) in [4.78, 5) is 19.2. The highest BCUT2D eigenvalue weighted by Crippen LogP contribution is 2.34. The molecule has 3 heterocycles. The lowest BCUT2D eigenvalue weighted by Crippen LogP contribution is -2.19. The molecule has 21 heavy (non-hydrogen) atoms. The molecule has 0 spiro atoms. The first-order chi connectivity index (χ1) is 10.1. The third-order valence-electron chi connectivity index (χ3n) is 3.01. The van der Waals surface area contributed by atoms with Crippen molar-refractivity contribution in [2.24, 2.45) is 7.05 Å². The van der Waals surface area contributed by atoms with Crippen molar-refractivity contribution in [1.82, 2.24) is 9.55 Å². The summed E-state index contributed by atoms with van der Waals surface area (Å²) in [5.74, 6) is 0.773. The highest BCUT2D eigenvalue weighted by Gasteiger charge is 2.16. The normalized spacial score (nSPS) is 11.1. The molecule has 3 nitrogen and oxygen atoms in total. The van der Waals surface area contributed by atoms with Gasteiger partial charge in [-0.25, -0.2) is 4.98 Å². The molecule has 0 fully saturated rings. The Morgan fingerprint density at radius 2 is 2.29 bits per heavy atom. The van der Waals surface area contributed by atoms with Gasteiger partial charge in [0.05, 0.1) is 5.39 Å². The Hall–Kier alpha value is -1.37. The Morgan fingerprint density at radius 1 is 1.48 bits per heavy atom. The number of thiophene rings is 2. The van der Waals surface area contributed by atoms with E-state index in [9.17, 15) is 4.79 Å². The predicted octanol–water partition coefficient (Wildman–Crippen LogP) is 4.39. The fourth-order valence-electron chi connectivity index (χ4n) is 1.98. The van der Waals surface area contributed by atoms with Crippen LogP contribution in [0.2, 0.25) is 0 Å².